The van der Waals surface area contributed by atoms with Crippen molar-refractivity contribution in [2.75, 3.05) is 21.3 Å². The fraction of sp³-hybridized carbons (Fsp3) is 0.391. The number of carbonyl (C=O) groups excluding carboxylic acids is 1. The van der Waals surface area contributed by atoms with Crippen molar-refractivity contribution < 1.29 is 19.0 Å². The predicted octanol–water partition coefficient (Wildman–Crippen LogP) is 3.53. The van der Waals surface area contributed by atoms with Gasteiger partial charge < -0.3 is 14.2 Å². The molecule has 162 valence electrons. The van der Waals surface area contributed by atoms with Crippen molar-refractivity contribution >= 4 is 5.78 Å². The summed E-state index contributed by atoms with van der Waals surface area (Å²) in [6.45, 7) is 5.70. The lowest BCUT2D eigenvalue weighted by molar-refractivity contribution is 0.0963. The first-order chi connectivity index (χ1) is 14.9. The van der Waals surface area contributed by atoms with Crippen molar-refractivity contribution in [3.05, 3.63) is 52.1 Å². The molecule has 31 heavy (non-hydrogen) atoms. The lowest BCUT2D eigenvalue weighted by Gasteiger charge is -2.24. The summed E-state index contributed by atoms with van der Waals surface area (Å²) in [4.78, 5) is 22.2. The van der Waals surface area contributed by atoms with Gasteiger partial charge in [0.25, 0.3) is 5.95 Å². The van der Waals surface area contributed by atoms with E-state index in [2.05, 4.69) is 15.1 Å². The summed E-state index contributed by atoms with van der Waals surface area (Å²) in [6.07, 6.45) is 1.00. The number of aryl methyl sites for hydroxylation is 3. The molecule has 0 fully saturated rings. The molecule has 0 unspecified atom stereocenters. The van der Waals surface area contributed by atoms with E-state index in [1.807, 2.05) is 39.0 Å². The first kappa shape index (κ1) is 20.8. The van der Waals surface area contributed by atoms with E-state index in [0.29, 0.717) is 47.3 Å². The number of hydrogen-bond donors (Lipinski definition) is 0. The van der Waals surface area contributed by atoms with E-state index in [1.54, 1.807) is 26.0 Å². The molecule has 2 aromatic heterocycles. The number of benzene rings is 1. The summed E-state index contributed by atoms with van der Waals surface area (Å²) < 4.78 is 18.2. The van der Waals surface area contributed by atoms with Crippen LogP contribution in [0.1, 0.15) is 51.0 Å². The molecular weight excluding hydrogens is 396 g/mol. The quantitative estimate of drug-likeness (QED) is 0.621. The van der Waals surface area contributed by atoms with Crippen LogP contribution in [0.4, 0.5) is 0 Å². The van der Waals surface area contributed by atoms with E-state index in [-0.39, 0.29) is 11.7 Å². The average Bonchev–Trinajstić information content (AvgIpc) is 3.08. The second kappa shape index (κ2) is 8.02. The molecule has 0 spiro atoms. The van der Waals surface area contributed by atoms with Crippen LogP contribution >= 0.6 is 0 Å². The minimum absolute atomic E-state index is 0.0607. The Balaban J connectivity index is 1.81. The van der Waals surface area contributed by atoms with Crippen LogP contribution in [0.3, 0.4) is 0 Å². The van der Waals surface area contributed by atoms with E-state index < -0.39 is 0 Å². The highest BCUT2D eigenvalue weighted by atomic mass is 16.5. The van der Waals surface area contributed by atoms with Gasteiger partial charge in [0.15, 0.2) is 17.3 Å². The van der Waals surface area contributed by atoms with Crippen LogP contribution in [0, 0.1) is 20.8 Å². The van der Waals surface area contributed by atoms with Crippen LogP contribution in [-0.4, -0.2) is 46.9 Å². The number of nitrogens with zero attached hydrogens (tertiary/aromatic N) is 4. The van der Waals surface area contributed by atoms with Gasteiger partial charge in [-0.05, 0) is 56.9 Å². The Hall–Kier alpha value is -3.42. The number of hydrogen-bond acceptors (Lipinski definition) is 7. The van der Waals surface area contributed by atoms with Gasteiger partial charge in [0.2, 0.25) is 5.75 Å². The zero-order valence-corrected chi connectivity index (χ0v) is 18.6. The summed E-state index contributed by atoms with van der Waals surface area (Å²) in [5.74, 6) is 2.15. The molecule has 8 heteroatoms. The summed E-state index contributed by atoms with van der Waals surface area (Å²) in [5.41, 5.74) is 4.86. The molecule has 4 rings (SSSR count). The van der Waals surface area contributed by atoms with E-state index in [4.69, 9.17) is 14.2 Å². The smallest absolute Gasteiger partial charge is 0.251 e. The monoisotopic (exact) mass is 422 g/mol. The molecule has 2 heterocycles. The molecule has 8 nitrogen and oxygen atoms in total. The van der Waals surface area contributed by atoms with Crippen LogP contribution in [0.25, 0.3) is 5.95 Å². The number of Topliss-reactive ketones (excluding diaryl/α,β-unsaturated/α-hetero) is 1. The standard InChI is InChI=1S/C23H26N4O4/c1-12-7-13(2)25-23(24-12)27-17-8-15(9-18(28)21(17)14(3)26-27)16-10-19(29-4)22(31-6)20(11-16)30-5/h7,10-11,15H,8-9H2,1-6H3/t15-/m1/s1. The normalized spacial score (nSPS) is 15.5. The molecule has 0 saturated heterocycles. The number of aromatic nitrogens is 4. The van der Waals surface area contributed by atoms with Crippen molar-refractivity contribution in [2.45, 2.75) is 39.5 Å². The molecule has 0 N–H and O–H groups in total. The third-order valence-electron chi connectivity index (χ3n) is 5.62. The van der Waals surface area contributed by atoms with Crippen LogP contribution in [-0.2, 0) is 6.42 Å². The number of methoxy groups -OCH3 is 3. The Labute approximate surface area is 181 Å². The molecule has 3 aromatic rings. The molecule has 0 saturated carbocycles. The van der Waals surface area contributed by atoms with E-state index in [1.165, 1.54) is 0 Å². The summed E-state index contributed by atoms with van der Waals surface area (Å²) in [7, 11) is 4.74. The van der Waals surface area contributed by atoms with Crippen molar-refractivity contribution in [3.8, 4) is 23.2 Å². The van der Waals surface area contributed by atoms with E-state index in [9.17, 15) is 4.79 Å². The minimum atomic E-state index is -0.0607. The van der Waals surface area contributed by atoms with Gasteiger partial charge >= 0.3 is 0 Å². The van der Waals surface area contributed by atoms with Gasteiger partial charge in [-0.2, -0.15) is 5.10 Å². The second-order valence-electron chi connectivity index (χ2n) is 7.76. The fourth-order valence-electron chi connectivity index (χ4n) is 4.30. The summed E-state index contributed by atoms with van der Waals surface area (Å²) in [5, 5.41) is 4.62. The van der Waals surface area contributed by atoms with Gasteiger partial charge in [0.05, 0.1) is 38.3 Å². The molecule has 0 aliphatic heterocycles. The highest BCUT2D eigenvalue weighted by Crippen LogP contribution is 2.43. The van der Waals surface area contributed by atoms with Gasteiger partial charge in [0, 0.05) is 17.8 Å². The average molecular weight is 422 g/mol. The molecule has 1 aliphatic rings. The van der Waals surface area contributed by atoms with Crippen LogP contribution in [0.2, 0.25) is 0 Å². The number of ketones is 1. The van der Waals surface area contributed by atoms with E-state index in [0.717, 1.165) is 22.6 Å². The zero-order valence-electron chi connectivity index (χ0n) is 18.6. The lowest BCUT2D eigenvalue weighted by Crippen LogP contribution is -2.21. The van der Waals surface area contributed by atoms with E-state index >= 15 is 0 Å². The molecule has 1 aromatic carbocycles. The van der Waals surface area contributed by atoms with Gasteiger partial charge in [0.1, 0.15) is 0 Å². The highest BCUT2D eigenvalue weighted by molar-refractivity contribution is 6.00. The number of carbonyl (C=O) groups is 1. The molecular formula is C23H26N4O4. The van der Waals surface area contributed by atoms with Crippen molar-refractivity contribution in [1.29, 1.82) is 0 Å². The van der Waals surface area contributed by atoms with Gasteiger partial charge in [-0.3, -0.25) is 4.79 Å². The number of rotatable bonds is 5. The Morgan fingerprint density at radius 1 is 0.903 bits per heavy atom. The maximum absolute atomic E-state index is 13.1. The largest absolute Gasteiger partial charge is 0.493 e. The molecule has 0 radical (unpaired) electrons. The zero-order chi connectivity index (χ0) is 22.3. The first-order valence-corrected chi connectivity index (χ1v) is 10.1. The number of ether oxygens (including phenoxy) is 3. The Morgan fingerprint density at radius 2 is 1.52 bits per heavy atom. The highest BCUT2D eigenvalue weighted by Gasteiger charge is 2.33. The lowest BCUT2D eigenvalue weighted by atomic mass is 9.81. The maximum atomic E-state index is 13.1. The maximum Gasteiger partial charge on any atom is 0.251 e. The van der Waals surface area contributed by atoms with Crippen LogP contribution < -0.4 is 14.2 Å². The van der Waals surface area contributed by atoms with Crippen molar-refractivity contribution in [2.24, 2.45) is 0 Å². The van der Waals surface area contributed by atoms with Gasteiger partial charge in [-0.1, -0.05) is 0 Å². The molecule has 1 atom stereocenters. The van der Waals surface area contributed by atoms with Crippen LogP contribution in [0.5, 0.6) is 17.2 Å². The summed E-state index contributed by atoms with van der Waals surface area (Å²) in [6, 6.07) is 5.73. The minimum Gasteiger partial charge on any atom is -0.493 e. The SMILES string of the molecule is COc1cc([C@H]2CC(=O)c3c(C)nn(-c4nc(C)cc(C)n4)c3C2)cc(OC)c1OC. The third-order valence-corrected chi connectivity index (χ3v) is 5.62. The summed E-state index contributed by atoms with van der Waals surface area (Å²) >= 11 is 0. The second-order valence-corrected chi connectivity index (χ2v) is 7.76. The molecule has 1 aliphatic carbocycles. The predicted molar refractivity (Wildman–Crippen MR) is 115 cm³/mol. The molecule has 0 amide bonds. The van der Waals surface area contributed by atoms with Crippen molar-refractivity contribution in [3.63, 3.8) is 0 Å². The topological polar surface area (TPSA) is 88.4 Å². The van der Waals surface area contributed by atoms with Gasteiger partial charge in [-0.25, -0.2) is 14.6 Å². The van der Waals surface area contributed by atoms with Crippen molar-refractivity contribution in [1.82, 2.24) is 19.7 Å². The molecule has 0 bridgehead atoms. The Bertz CT molecular complexity index is 1120. The first-order valence-electron chi connectivity index (χ1n) is 10.1. The third kappa shape index (κ3) is 3.62. The van der Waals surface area contributed by atoms with Gasteiger partial charge in [-0.15, -0.1) is 0 Å². The number of fused-ring (bicyclic) bond motifs is 1. The Morgan fingerprint density at radius 3 is 2.06 bits per heavy atom. The van der Waals surface area contributed by atoms with Crippen LogP contribution in [0.15, 0.2) is 18.2 Å². The fourth-order valence-corrected chi connectivity index (χ4v) is 4.30. The Kier molecular flexibility index (Phi) is 5.39.